The van der Waals surface area contributed by atoms with E-state index in [0.29, 0.717) is 29.0 Å². The van der Waals surface area contributed by atoms with Gasteiger partial charge in [0.2, 0.25) is 0 Å². The molecule has 28 heavy (non-hydrogen) atoms. The summed E-state index contributed by atoms with van der Waals surface area (Å²) >= 11 is 6.36. The van der Waals surface area contributed by atoms with E-state index in [1.54, 1.807) is 12.4 Å². The average molecular weight is 395 g/mol. The monoisotopic (exact) mass is 394 g/mol. The zero-order chi connectivity index (χ0) is 19.6. The second kappa shape index (κ2) is 6.06. The molecule has 2 aliphatic heterocycles. The van der Waals surface area contributed by atoms with Crippen molar-refractivity contribution >= 4 is 28.1 Å². The van der Waals surface area contributed by atoms with Crippen molar-refractivity contribution < 1.29 is 5.11 Å². The highest BCUT2D eigenvalue weighted by atomic mass is 35.5. The third-order valence-corrected chi connectivity index (χ3v) is 6.35. The number of allylic oxidation sites excluding steroid dienone is 1. The van der Waals surface area contributed by atoms with Gasteiger partial charge in [0, 0.05) is 47.2 Å². The van der Waals surface area contributed by atoms with Gasteiger partial charge in [0.1, 0.15) is 11.4 Å². The van der Waals surface area contributed by atoms with E-state index >= 15 is 0 Å². The standard InChI is InChI=1S/C22H23ClN4O/c1-13-24-9-15(10-25-13)22(2,28)12-27-19-8-16(23)5-6-17(19)20-18-7-4-14(21(20)27)11-26(18)3/h5-6,8-11,18,28H,4,7,12H2,1-3H3. The molecule has 5 nitrogen and oxygen atoms in total. The molecule has 1 N–H and O–H groups in total. The first-order valence-corrected chi connectivity index (χ1v) is 9.99. The number of fused-ring (bicyclic) bond motifs is 3. The molecule has 0 radical (unpaired) electrons. The van der Waals surface area contributed by atoms with Crippen molar-refractivity contribution in [3.63, 3.8) is 0 Å². The minimum Gasteiger partial charge on any atom is -0.383 e. The molecule has 0 spiro atoms. The fraction of sp³-hybridized carbons (Fsp3) is 0.364. The van der Waals surface area contributed by atoms with Crippen LogP contribution in [0.5, 0.6) is 0 Å². The molecule has 2 bridgehead atoms. The van der Waals surface area contributed by atoms with Crippen molar-refractivity contribution in [2.24, 2.45) is 0 Å². The minimum atomic E-state index is -1.10. The van der Waals surface area contributed by atoms with Gasteiger partial charge in [0.15, 0.2) is 0 Å². The number of nitrogens with zero attached hydrogens (tertiary/aromatic N) is 4. The molecule has 2 atom stereocenters. The van der Waals surface area contributed by atoms with Gasteiger partial charge in [-0.05, 0) is 44.4 Å². The van der Waals surface area contributed by atoms with Gasteiger partial charge in [0.25, 0.3) is 0 Å². The lowest BCUT2D eigenvalue weighted by Crippen LogP contribution is -2.32. The Balaban J connectivity index is 1.70. The first kappa shape index (κ1) is 17.7. The smallest absolute Gasteiger partial charge is 0.125 e. The maximum Gasteiger partial charge on any atom is 0.125 e. The highest BCUT2D eigenvalue weighted by molar-refractivity contribution is 6.31. The van der Waals surface area contributed by atoms with Crippen molar-refractivity contribution in [3.8, 4) is 0 Å². The van der Waals surface area contributed by atoms with E-state index in [9.17, 15) is 5.11 Å². The van der Waals surface area contributed by atoms with Gasteiger partial charge in [-0.2, -0.15) is 0 Å². The highest BCUT2D eigenvalue weighted by Gasteiger charge is 2.37. The summed E-state index contributed by atoms with van der Waals surface area (Å²) in [5.74, 6) is 0.695. The summed E-state index contributed by atoms with van der Waals surface area (Å²) in [5.41, 5.74) is 4.59. The molecule has 0 amide bonds. The minimum absolute atomic E-state index is 0.366. The number of benzene rings is 1. The van der Waals surface area contributed by atoms with Gasteiger partial charge in [-0.15, -0.1) is 0 Å². The molecular formula is C22H23ClN4O. The third kappa shape index (κ3) is 2.57. The lowest BCUT2D eigenvalue weighted by Gasteiger charge is -2.39. The van der Waals surface area contributed by atoms with E-state index in [0.717, 1.165) is 18.4 Å². The Morgan fingerprint density at radius 3 is 2.75 bits per heavy atom. The molecule has 6 heteroatoms. The fourth-order valence-corrected chi connectivity index (χ4v) is 4.86. The van der Waals surface area contributed by atoms with Gasteiger partial charge < -0.3 is 14.6 Å². The number of halogens is 1. The lowest BCUT2D eigenvalue weighted by molar-refractivity contribution is 0.0383. The normalized spacial score (nSPS) is 20.2. The molecule has 0 fully saturated rings. The summed E-state index contributed by atoms with van der Waals surface area (Å²) < 4.78 is 2.24. The third-order valence-electron chi connectivity index (χ3n) is 6.11. The summed E-state index contributed by atoms with van der Waals surface area (Å²) in [6, 6.07) is 6.45. The second-order valence-corrected chi connectivity index (χ2v) is 8.61. The second-order valence-electron chi connectivity index (χ2n) is 8.18. The van der Waals surface area contributed by atoms with Crippen LogP contribution in [0, 0.1) is 6.92 Å². The van der Waals surface area contributed by atoms with Crippen LogP contribution in [0.3, 0.4) is 0 Å². The van der Waals surface area contributed by atoms with Crippen molar-refractivity contribution in [3.05, 3.63) is 64.5 Å². The fourth-order valence-electron chi connectivity index (χ4n) is 4.69. The van der Waals surface area contributed by atoms with Gasteiger partial charge in [-0.1, -0.05) is 17.7 Å². The number of hydrogen-bond acceptors (Lipinski definition) is 4. The molecule has 1 aliphatic carbocycles. The topological polar surface area (TPSA) is 54.2 Å². The van der Waals surface area contributed by atoms with Crippen LogP contribution in [-0.4, -0.2) is 31.6 Å². The van der Waals surface area contributed by atoms with Crippen molar-refractivity contribution in [2.45, 2.75) is 44.9 Å². The lowest BCUT2D eigenvalue weighted by atomic mass is 9.83. The average Bonchev–Trinajstić information content (AvgIpc) is 2.97. The van der Waals surface area contributed by atoms with E-state index in [2.05, 4.69) is 38.7 Å². The molecule has 2 aromatic heterocycles. The summed E-state index contributed by atoms with van der Waals surface area (Å²) in [7, 11) is 2.14. The molecule has 0 saturated carbocycles. The molecule has 0 saturated heterocycles. The van der Waals surface area contributed by atoms with E-state index < -0.39 is 5.60 Å². The summed E-state index contributed by atoms with van der Waals surface area (Å²) in [6.07, 6.45) is 7.86. The van der Waals surface area contributed by atoms with Crippen LogP contribution >= 0.6 is 11.6 Å². The van der Waals surface area contributed by atoms with E-state index in [4.69, 9.17) is 11.6 Å². The number of aliphatic hydroxyl groups is 1. The predicted octanol–water partition coefficient (Wildman–Crippen LogP) is 4.42. The van der Waals surface area contributed by atoms with Crippen molar-refractivity contribution in [1.82, 2.24) is 19.4 Å². The summed E-state index contributed by atoms with van der Waals surface area (Å²) in [4.78, 5) is 10.8. The Morgan fingerprint density at radius 1 is 1.29 bits per heavy atom. The Morgan fingerprint density at radius 2 is 2.04 bits per heavy atom. The van der Waals surface area contributed by atoms with Crippen LogP contribution in [-0.2, 0) is 12.1 Å². The number of aromatic nitrogens is 3. The largest absolute Gasteiger partial charge is 0.383 e. The molecule has 1 aromatic carbocycles. The number of aryl methyl sites for hydroxylation is 1. The molecule has 3 aromatic rings. The molecule has 144 valence electrons. The molecular weight excluding hydrogens is 372 g/mol. The molecule has 3 aliphatic rings. The summed E-state index contributed by atoms with van der Waals surface area (Å²) in [6.45, 7) is 4.08. The zero-order valence-corrected chi connectivity index (χ0v) is 17.0. The van der Waals surface area contributed by atoms with Crippen LogP contribution in [0.25, 0.3) is 16.5 Å². The number of hydrogen-bond donors (Lipinski definition) is 1. The highest BCUT2D eigenvalue weighted by Crippen LogP contribution is 2.49. The maximum atomic E-state index is 11.3. The number of rotatable bonds is 3. The Kier molecular flexibility index (Phi) is 3.83. The summed E-state index contributed by atoms with van der Waals surface area (Å²) in [5, 5.41) is 13.3. The molecule has 2 unspecified atom stereocenters. The SMILES string of the molecule is Cc1ncc(C(C)(O)Cn2c3c(c4ccc(Cl)cc42)C2CCC3=CN2C)cn1. The van der Waals surface area contributed by atoms with Gasteiger partial charge >= 0.3 is 0 Å². The Hall–Kier alpha value is -2.37. The van der Waals surface area contributed by atoms with Crippen molar-refractivity contribution in [2.75, 3.05) is 7.05 Å². The van der Waals surface area contributed by atoms with Crippen LogP contribution in [0.15, 0.2) is 36.8 Å². The van der Waals surface area contributed by atoms with Crippen LogP contribution in [0.1, 0.15) is 48.5 Å². The first-order chi connectivity index (χ1) is 13.3. The maximum absolute atomic E-state index is 11.3. The van der Waals surface area contributed by atoms with E-state index in [-0.39, 0.29) is 0 Å². The molecule has 6 rings (SSSR count). The van der Waals surface area contributed by atoms with Gasteiger partial charge in [-0.25, -0.2) is 9.97 Å². The van der Waals surface area contributed by atoms with E-state index in [1.807, 2.05) is 26.0 Å². The molecule has 4 heterocycles. The Bertz CT molecular complexity index is 1110. The Labute approximate surface area is 169 Å². The predicted molar refractivity (Wildman–Crippen MR) is 111 cm³/mol. The quantitative estimate of drug-likeness (QED) is 0.714. The van der Waals surface area contributed by atoms with E-state index in [1.165, 1.54) is 22.2 Å². The van der Waals surface area contributed by atoms with Gasteiger partial charge in [-0.3, -0.25) is 0 Å². The first-order valence-electron chi connectivity index (χ1n) is 9.61. The van der Waals surface area contributed by atoms with Crippen LogP contribution in [0.4, 0.5) is 0 Å². The zero-order valence-electron chi connectivity index (χ0n) is 16.3. The van der Waals surface area contributed by atoms with Crippen molar-refractivity contribution in [1.29, 1.82) is 0 Å². The van der Waals surface area contributed by atoms with Crippen LogP contribution in [0.2, 0.25) is 5.02 Å². The van der Waals surface area contributed by atoms with Gasteiger partial charge in [0.05, 0.1) is 23.8 Å². The van der Waals surface area contributed by atoms with Crippen LogP contribution < -0.4 is 0 Å².